The normalized spacial score (nSPS) is 18.9. The number of hydrogen-bond acceptors (Lipinski definition) is 5. The lowest BCUT2D eigenvalue weighted by Gasteiger charge is -2.52. The van der Waals surface area contributed by atoms with Crippen LogP contribution in [0.2, 0.25) is 6.04 Å². The second-order valence-corrected chi connectivity index (χ2v) is 18.5. The molecule has 0 spiro atoms. The third kappa shape index (κ3) is 9.94. The lowest BCUT2D eigenvalue weighted by Crippen LogP contribution is -2.77. The second-order valence-electron chi connectivity index (χ2n) is 9.86. The summed E-state index contributed by atoms with van der Waals surface area (Å²) in [5.74, 6) is 0. The van der Waals surface area contributed by atoms with E-state index < -0.39 is 16.4 Å². The van der Waals surface area contributed by atoms with Crippen LogP contribution in [0, 0.1) is 0 Å². The highest BCUT2D eigenvalue weighted by atomic mass is 29.3. The van der Waals surface area contributed by atoms with Crippen LogP contribution in [0.4, 0.5) is 0 Å². The van der Waals surface area contributed by atoms with Crippen LogP contribution in [0.3, 0.4) is 0 Å². The summed E-state index contributed by atoms with van der Waals surface area (Å²) < 4.78 is 33.2. The Kier molecular flexibility index (Phi) is 17.5. The molecule has 0 atom stereocenters. The predicted molar refractivity (Wildman–Crippen MR) is 147 cm³/mol. The third-order valence-corrected chi connectivity index (χ3v) is 18.1. The Morgan fingerprint density at radius 1 is 0.559 bits per heavy atom. The molecule has 0 saturated carbocycles. The average molecular weight is 519 g/mol. The van der Waals surface area contributed by atoms with Gasteiger partial charge in [0.2, 0.25) is 0 Å². The van der Waals surface area contributed by atoms with Gasteiger partial charge in [-0.2, -0.15) is 0 Å². The fraction of sp³-hybridized carbons (Fsp3) is 1.00. The van der Waals surface area contributed by atoms with E-state index in [2.05, 4.69) is 27.7 Å². The SMILES string of the molecule is CCCCCCCCC1(CCCCCCCC)CC[Si](OCC)(OCC)[Si](OCC)(OCC)O1. The van der Waals surface area contributed by atoms with Gasteiger partial charge in [-0.1, -0.05) is 90.9 Å². The van der Waals surface area contributed by atoms with Gasteiger partial charge in [0.15, 0.2) is 0 Å². The minimum absolute atomic E-state index is 0.156. The van der Waals surface area contributed by atoms with E-state index in [9.17, 15) is 0 Å². The summed E-state index contributed by atoms with van der Waals surface area (Å²) in [6, 6.07) is 0.923. The maximum absolute atomic E-state index is 7.23. The minimum Gasteiger partial charge on any atom is -0.392 e. The highest BCUT2D eigenvalue weighted by molar-refractivity contribution is 7.29. The van der Waals surface area contributed by atoms with Crippen molar-refractivity contribution in [3.8, 4) is 0 Å². The molecule has 5 nitrogen and oxygen atoms in total. The summed E-state index contributed by atoms with van der Waals surface area (Å²) in [4.78, 5) is 0. The minimum atomic E-state index is -3.11. The fourth-order valence-corrected chi connectivity index (χ4v) is 17.1. The molecule has 204 valence electrons. The van der Waals surface area contributed by atoms with E-state index in [0.717, 1.165) is 25.3 Å². The number of rotatable bonds is 22. The first kappa shape index (κ1) is 32.3. The quantitative estimate of drug-likeness (QED) is 0.107. The van der Waals surface area contributed by atoms with Gasteiger partial charge in [0.1, 0.15) is 0 Å². The first-order valence-electron chi connectivity index (χ1n) is 14.8. The van der Waals surface area contributed by atoms with E-state index in [1.54, 1.807) is 0 Å². The van der Waals surface area contributed by atoms with E-state index >= 15 is 0 Å². The van der Waals surface area contributed by atoms with Crippen LogP contribution in [-0.2, 0) is 22.1 Å². The monoisotopic (exact) mass is 518 g/mol. The lowest BCUT2D eigenvalue weighted by molar-refractivity contribution is -0.0558. The van der Waals surface area contributed by atoms with E-state index in [1.165, 1.54) is 77.0 Å². The van der Waals surface area contributed by atoms with Gasteiger partial charge < -0.3 is 22.1 Å². The Bertz CT molecular complexity index is 464. The van der Waals surface area contributed by atoms with Crippen molar-refractivity contribution in [2.45, 2.75) is 149 Å². The Hall–Kier alpha value is 0.234. The second kappa shape index (κ2) is 18.5. The molecule has 7 heteroatoms. The van der Waals surface area contributed by atoms with Crippen molar-refractivity contribution in [1.82, 2.24) is 0 Å². The molecule has 1 heterocycles. The Labute approximate surface area is 214 Å². The van der Waals surface area contributed by atoms with Gasteiger partial charge in [-0.15, -0.1) is 0 Å². The summed E-state index contributed by atoms with van der Waals surface area (Å²) in [5.41, 5.74) is -0.156. The highest BCUT2D eigenvalue weighted by Crippen LogP contribution is 2.46. The Balaban J connectivity index is 3.06. The smallest absolute Gasteiger partial charge is 0.392 e. The van der Waals surface area contributed by atoms with Crippen molar-refractivity contribution in [2.75, 3.05) is 26.4 Å². The molecule has 0 aromatic heterocycles. The van der Waals surface area contributed by atoms with Gasteiger partial charge in [0.25, 0.3) is 0 Å². The molecular weight excluding hydrogens is 460 g/mol. The Morgan fingerprint density at radius 2 is 0.971 bits per heavy atom. The van der Waals surface area contributed by atoms with Crippen LogP contribution < -0.4 is 0 Å². The molecule has 0 aliphatic carbocycles. The van der Waals surface area contributed by atoms with Gasteiger partial charge in [0, 0.05) is 26.4 Å². The van der Waals surface area contributed by atoms with Crippen molar-refractivity contribution >= 4 is 16.4 Å². The van der Waals surface area contributed by atoms with Gasteiger partial charge in [0.05, 0.1) is 5.60 Å². The molecule has 1 aliphatic rings. The van der Waals surface area contributed by atoms with Gasteiger partial charge in [-0.3, -0.25) is 0 Å². The number of hydrogen-bond donors (Lipinski definition) is 0. The summed E-state index contributed by atoms with van der Waals surface area (Å²) in [6.45, 7) is 15.2. The Morgan fingerprint density at radius 3 is 1.38 bits per heavy atom. The maximum atomic E-state index is 7.23. The zero-order chi connectivity index (χ0) is 25.2. The summed E-state index contributed by atoms with van der Waals surface area (Å²) in [5, 5.41) is 0. The largest absolute Gasteiger partial charge is 0.539 e. The molecule has 0 aromatic rings. The standard InChI is InChI=1S/C27H58O5Si2/c1-7-13-15-17-19-21-23-27(24-22-20-18-16-14-8-2)25-26-33(28-9-3,29-10-4)34(32-27,30-11-5)31-12-6/h7-26H2,1-6H3. The first-order valence-corrected chi connectivity index (χ1v) is 19.5. The molecule has 0 radical (unpaired) electrons. The van der Waals surface area contributed by atoms with Crippen LogP contribution in [-0.4, -0.2) is 48.4 Å². The predicted octanol–water partition coefficient (Wildman–Crippen LogP) is 8.25. The number of unbranched alkanes of at least 4 members (excludes halogenated alkanes) is 10. The van der Waals surface area contributed by atoms with Crippen LogP contribution in [0.25, 0.3) is 0 Å². The molecule has 1 rings (SSSR count). The van der Waals surface area contributed by atoms with Gasteiger partial charge in [-0.25, -0.2) is 0 Å². The summed E-state index contributed by atoms with van der Waals surface area (Å²) in [6.07, 6.45) is 18.9. The van der Waals surface area contributed by atoms with Crippen LogP contribution in [0.5, 0.6) is 0 Å². The van der Waals surface area contributed by atoms with Crippen molar-refractivity contribution in [3.63, 3.8) is 0 Å². The van der Waals surface area contributed by atoms with E-state index in [0.29, 0.717) is 26.4 Å². The summed E-state index contributed by atoms with van der Waals surface area (Å²) >= 11 is 0. The van der Waals surface area contributed by atoms with Crippen molar-refractivity contribution in [1.29, 1.82) is 0 Å². The maximum Gasteiger partial charge on any atom is 0.539 e. The zero-order valence-corrected chi connectivity index (χ0v) is 25.7. The average Bonchev–Trinajstić information content (AvgIpc) is 2.82. The molecule has 0 unspecified atom stereocenters. The third-order valence-electron chi connectivity index (χ3n) is 7.12. The molecule has 34 heavy (non-hydrogen) atoms. The van der Waals surface area contributed by atoms with Crippen molar-refractivity contribution < 1.29 is 22.1 Å². The summed E-state index contributed by atoms with van der Waals surface area (Å²) in [7, 11) is -5.86. The van der Waals surface area contributed by atoms with Crippen LogP contribution >= 0.6 is 0 Å². The van der Waals surface area contributed by atoms with Crippen LogP contribution in [0.1, 0.15) is 138 Å². The van der Waals surface area contributed by atoms with Crippen molar-refractivity contribution in [2.24, 2.45) is 0 Å². The zero-order valence-electron chi connectivity index (χ0n) is 23.7. The fourth-order valence-electron chi connectivity index (χ4n) is 5.42. The van der Waals surface area contributed by atoms with Gasteiger partial charge in [-0.05, 0) is 53.0 Å². The molecule has 1 saturated heterocycles. The first-order chi connectivity index (χ1) is 16.5. The molecule has 0 bridgehead atoms. The molecule has 0 N–H and O–H groups in total. The van der Waals surface area contributed by atoms with E-state index in [-0.39, 0.29) is 5.60 Å². The topological polar surface area (TPSA) is 46.2 Å². The van der Waals surface area contributed by atoms with E-state index in [4.69, 9.17) is 22.1 Å². The highest BCUT2D eigenvalue weighted by Gasteiger charge is 2.73. The lowest BCUT2D eigenvalue weighted by atomic mass is 9.87. The van der Waals surface area contributed by atoms with Crippen LogP contribution in [0.15, 0.2) is 0 Å². The van der Waals surface area contributed by atoms with E-state index in [1.807, 2.05) is 13.8 Å². The van der Waals surface area contributed by atoms with Crippen molar-refractivity contribution in [3.05, 3.63) is 0 Å². The molecular formula is C27H58O5Si2. The van der Waals surface area contributed by atoms with Gasteiger partial charge >= 0.3 is 16.4 Å². The molecule has 0 aromatic carbocycles. The molecule has 1 aliphatic heterocycles. The molecule has 0 amide bonds. The molecule has 1 fully saturated rings.